The number of halogens is 3. The molecule has 0 radical (unpaired) electrons. The van der Waals surface area contributed by atoms with Gasteiger partial charge < -0.3 is 9.47 Å². The van der Waals surface area contributed by atoms with Gasteiger partial charge in [0.25, 0.3) is 0 Å². The zero-order chi connectivity index (χ0) is 14.6. The SMILES string of the molecule is O=C(Nc1ccccc1C(F)(F)F)OCC1CCCO1. The number of rotatable bonds is 3. The maximum absolute atomic E-state index is 12.7. The first-order valence-corrected chi connectivity index (χ1v) is 6.18. The van der Waals surface area contributed by atoms with Gasteiger partial charge in [0.1, 0.15) is 6.61 Å². The topological polar surface area (TPSA) is 47.6 Å². The van der Waals surface area contributed by atoms with Crippen LogP contribution in [0.1, 0.15) is 18.4 Å². The molecule has 4 nitrogen and oxygen atoms in total. The number of carbonyl (C=O) groups excluding carboxylic acids is 1. The van der Waals surface area contributed by atoms with E-state index in [4.69, 9.17) is 9.47 Å². The second-order valence-corrected chi connectivity index (χ2v) is 4.40. The van der Waals surface area contributed by atoms with E-state index in [0.29, 0.717) is 6.61 Å². The molecule has 0 aromatic heterocycles. The standard InChI is InChI=1S/C13H14F3NO3/c14-13(15,16)10-5-1-2-6-11(10)17-12(18)20-8-9-4-3-7-19-9/h1-2,5-6,9H,3-4,7-8H2,(H,17,18). The number of hydrogen-bond donors (Lipinski definition) is 1. The monoisotopic (exact) mass is 289 g/mol. The molecule has 110 valence electrons. The maximum atomic E-state index is 12.7. The summed E-state index contributed by atoms with van der Waals surface area (Å²) in [6.45, 7) is 0.659. The number of anilines is 1. The molecule has 1 aliphatic rings. The van der Waals surface area contributed by atoms with Gasteiger partial charge in [0.2, 0.25) is 0 Å². The van der Waals surface area contributed by atoms with Crippen LogP contribution in [0, 0.1) is 0 Å². The van der Waals surface area contributed by atoms with Crippen molar-refractivity contribution in [3.63, 3.8) is 0 Å². The van der Waals surface area contributed by atoms with Gasteiger partial charge in [-0.2, -0.15) is 13.2 Å². The molecule has 20 heavy (non-hydrogen) atoms. The third kappa shape index (κ3) is 3.86. The molecule has 1 fully saturated rings. The van der Waals surface area contributed by atoms with Crippen molar-refractivity contribution in [2.75, 3.05) is 18.5 Å². The van der Waals surface area contributed by atoms with Crippen LogP contribution >= 0.6 is 0 Å². The number of amides is 1. The van der Waals surface area contributed by atoms with Gasteiger partial charge in [0.05, 0.1) is 17.4 Å². The highest BCUT2D eigenvalue weighted by Crippen LogP contribution is 2.34. The van der Waals surface area contributed by atoms with Crippen LogP contribution in [-0.4, -0.2) is 25.4 Å². The third-order valence-corrected chi connectivity index (χ3v) is 2.89. The van der Waals surface area contributed by atoms with Gasteiger partial charge in [-0.15, -0.1) is 0 Å². The predicted octanol–water partition coefficient (Wildman–Crippen LogP) is 3.43. The molecular weight excluding hydrogens is 275 g/mol. The Morgan fingerprint density at radius 1 is 1.40 bits per heavy atom. The number of para-hydroxylation sites is 1. The Hall–Kier alpha value is -1.76. The van der Waals surface area contributed by atoms with E-state index >= 15 is 0 Å². The summed E-state index contributed by atoms with van der Waals surface area (Å²) in [6, 6.07) is 4.74. The molecule has 0 aliphatic carbocycles. The number of ether oxygens (including phenoxy) is 2. The second-order valence-electron chi connectivity index (χ2n) is 4.40. The van der Waals surface area contributed by atoms with Gasteiger partial charge in [-0.25, -0.2) is 4.79 Å². The molecule has 2 rings (SSSR count). The van der Waals surface area contributed by atoms with E-state index < -0.39 is 17.8 Å². The number of nitrogens with one attached hydrogen (secondary N) is 1. The zero-order valence-electron chi connectivity index (χ0n) is 10.6. The van der Waals surface area contributed by atoms with Crippen molar-refractivity contribution in [3.8, 4) is 0 Å². The fourth-order valence-corrected chi connectivity index (χ4v) is 1.93. The lowest BCUT2D eigenvalue weighted by Gasteiger charge is -2.14. The molecule has 0 saturated carbocycles. The maximum Gasteiger partial charge on any atom is 0.418 e. The molecular formula is C13H14F3NO3. The predicted molar refractivity (Wildman–Crippen MR) is 65.4 cm³/mol. The fraction of sp³-hybridized carbons (Fsp3) is 0.462. The van der Waals surface area contributed by atoms with E-state index in [0.717, 1.165) is 18.9 Å². The third-order valence-electron chi connectivity index (χ3n) is 2.89. The summed E-state index contributed by atoms with van der Waals surface area (Å²) in [5.74, 6) is 0. The van der Waals surface area contributed by atoms with Crippen molar-refractivity contribution in [3.05, 3.63) is 29.8 Å². The highest BCUT2D eigenvalue weighted by molar-refractivity contribution is 5.85. The molecule has 7 heteroatoms. The van der Waals surface area contributed by atoms with Gasteiger partial charge in [-0.1, -0.05) is 12.1 Å². The Balaban J connectivity index is 1.93. The van der Waals surface area contributed by atoms with E-state index in [-0.39, 0.29) is 18.4 Å². The average Bonchev–Trinajstić information content (AvgIpc) is 2.89. The summed E-state index contributed by atoms with van der Waals surface area (Å²) in [6.07, 6.45) is -3.94. The number of alkyl halides is 3. The minimum absolute atomic E-state index is 0.0417. The van der Waals surface area contributed by atoms with Crippen molar-refractivity contribution in [2.24, 2.45) is 0 Å². The molecule has 0 bridgehead atoms. The van der Waals surface area contributed by atoms with Crippen LogP contribution < -0.4 is 5.32 Å². The molecule has 1 unspecified atom stereocenters. The Labute approximate surface area is 113 Å². The largest absolute Gasteiger partial charge is 0.447 e. The Morgan fingerprint density at radius 3 is 2.80 bits per heavy atom. The number of hydrogen-bond acceptors (Lipinski definition) is 3. The molecule has 0 spiro atoms. The van der Waals surface area contributed by atoms with Gasteiger partial charge in [0, 0.05) is 6.61 Å². The summed E-state index contributed by atoms with van der Waals surface area (Å²) in [7, 11) is 0. The lowest BCUT2D eigenvalue weighted by Crippen LogP contribution is -2.22. The van der Waals surface area contributed by atoms with Crippen molar-refractivity contribution in [2.45, 2.75) is 25.1 Å². The first-order chi connectivity index (χ1) is 9.47. The molecule has 1 N–H and O–H groups in total. The molecule has 1 heterocycles. The first-order valence-electron chi connectivity index (χ1n) is 6.18. The van der Waals surface area contributed by atoms with E-state index in [1.165, 1.54) is 18.2 Å². The molecule has 1 saturated heterocycles. The zero-order valence-corrected chi connectivity index (χ0v) is 10.6. The van der Waals surface area contributed by atoms with Crippen LogP contribution in [0.15, 0.2) is 24.3 Å². The van der Waals surface area contributed by atoms with E-state index in [1.54, 1.807) is 0 Å². The van der Waals surface area contributed by atoms with E-state index in [9.17, 15) is 18.0 Å². The Kier molecular flexibility index (Phi) is 4.49. The van der Waals surface area contributed by atoms with Gasteiger partial charge in [-0.3, -0.25) is 5.32 Å². The van der Waals surface area contributed by atoms with Gasteiger partial charge in [0.15, 0.2) is 0 Å². The van der Waals surface area contributed by atoms with Crippen LogP contribution in [0.5, 0.6) is 0 Å². The van der Waals surface area contributed by atoms with Crippen molar-refractivity contribution in [1.29, 1.82) is 0 Å². The Bertz CT molecular complexity index is 470. The fourth-order valence-electron chi connectivity index (χ4n) is 1.93. The molecule has 1 aromatic rings. The molecule has 1 aliphatic heterocycles. The lowest BCUT2D eigenvalue weighted by atomic mass is 10.2. The van der Waals surface area contributed by atoms with Gasteiger partial charge in [-0.05, 0) is 25.0 Å². The molecule has 1 atom stereocenters. The van der Waals surface area contributed by atoms with Crippen molar-refractivity contribution in [1.82, 2.24) is 0 Å². The highest BCUT2D eigenvalue weighted by atomic mass is 19.4. The number of benzene rings is 1. The molecule has 1 amide bonds. The van der Waals surface area contributed by atoms with Crippen LogP contribution in [0.25, 0.3) is 0 Å². The van der Waals surface area contributed by atoms with Crippen LogP contribution in [0.3, 0.4) is 0 Å². The summed E-state index contributed by atoms with van der Waals surface area (Å²) in [5, 5.41) is 2.10. The van der Waals surface area contributed by atoms with E-state index in [2.05, 4.69) is 5.32 Å². The Morgan fingerprint density at radius 2 is 2.15 bits per heavy atom. The quantitative estimate of drug-likeness (QED) is 0.927. The normalized spacial score (nSPS) is 18.9. The lowest BCUT2D eigenvalue weighted by molar-refractivity contribution is -0.136. The molecule has 1 aromatic carbocycles. The van der Waals surface area contributed by atoms with Gasteiger partial charge >= 0.3 is 12.3 Å². The minimum atomic E-state index is -4.53. The van der Waals surface area contributed by atoms with Crippen LogP contribution in [0.2, 0.25) is 0 Å². The average molecular weight is 289 g/mol. The first kappa shape index (κ1) is 14.6. The summed E-state index contributed by atoms with van der Waals surface area (Å²) >= 11 is 0. The smallest absolute Gasteiger partial charge is 0.418 e. The van der Waals surface area contributed by atoms with Crippen LogP contribution in [-0.2, 0) is 15.7 Å². The number of carbonyl (C=O) groups is 1. The van der Waals surface area contributed by atoms with Crippen molar-refractivity contribution >= 4 is 11.8 Å². The van der Waals surface area contributed by atoms with E-state index in [1.807, 2.05) is 0 Å². The van der Waals surface area contributed by atoms with Crippen LogP contribution in [0.4, 0.5) is 23.7 Å². The highest BCUT2D eigenvalue weighted by Gasteiger charge is 2.33. The second kappa shape index (κ2) is 6.13. The summed E-state index contributed by atoms with van der Waals surface area (Å²) in [4.78, 5) is 11.5. The van der Waals surface area contributed by atoms with Crippen molar-refractivity contribution < 1.29 is 27.4 Å². The summed E-state index contributed by atoms with van der Waals surface area (Å²) in [5.41, 5.74) is -1.23. The minimum Gasteiger partial charge on any atom is -0.447 e. The summed E-state index contributed by atoms with van der Waals surface area (Å²) < 4.78 is 48.3.